The van der Waals surface area contributed by atoms with Gasteiger partial charge in [-0.15, -0.1) is 11.3 Å². The number of nitriles is 1. The number of fused-ring (bicyclic) bond motifs is 1. The average molecular weight is 433 g/mol. The minimum atomic E-state index is -0.763. The number of carbonyl (C=O) groups is 1. The molecular weight excluding hydrogens is 404 g/mol. The third-order valence-corrected chi connectivity index (χ3v) is 7.82. The maximum Gasteiger partial charge on any atom is 0.263 e. The van der Waals surface area contributed by atoms with Gasteiger partial charge in [-0.25, -0.2) is 4.98 Å². The lowest BCUT2D eigenvalue weighted by atomic mass is 9.83. The Kier molecular flexibility index (Phi) is 6.39. The first-order chi connectivity index (χ1) is 13.7. The molecule has 6 nitrogen and oxygen atoms in total. The van der Waals surface area contributed by atoms with E-state index in [1.807, 2.05) is 27.7 Å². The van der Waals surface area contributed by atoms with E-state index in [2.05, 4.69) is 11.4 Å². The molecule has 2 heterocycles. The highest BCUT2D eigenvalue weighted by Gasteiger charge is 2.35. The lowest BCUT2D eigenvalue weighted by molar-refractivity contribution is -0.121. The number of hydrogen-bond donors (Lipinski definition) is 1. The summed E-state index contributed by atoms with van der Waals surface area (Å²) in [5, 5.41) is 13.4. The molecule has 0 spiro atoms. The number of thiophene rings is 1. The molecule has 29 heavy (non-hydrogen) atoms. The average Bonchev–Trinajstić information content (AvgIpc) is 2.96. The molecule has 1 saturated carbocycles. The van der Waals surface area contributed by atoms with E-state index in [0.717, 1.165) is 34.5 Å². The van der Waals surface area contributed by atoms with E-state index in [1.54, 1.807) is 11.5 Å². The summed E-state index contributed by atoms with van der Waals surface area (Å²) in [5.74, 6) is -0.179. The molecule has 1 fully saturated rings. The van der Waals surface area contributed by atoms with Gasteiger partial charge in [0.25, 0.3) is 5.56 Å². The Hall–Kier alpha value is -1.85. The highest BCUT2D eigenvalue weighted by atomic mass is 32.2. The minimum Gasteiger partial charge on any atom is -0.337 e. The van der Waals surface area contributed by atoms with Crippen LogP contribution in [0.5, 0.6) is 0 Å². The van der Waals surface area contributed by atoms with Crippen molar-refractivity contribution in [2.24, 2.45) is 0 Å². The van der Waals surface area contributed by atoms with Crippen LogP contribution in [-0.2, 0) is 4.79 Å². The number of aromatic nitrogens is 2. The smallest absolute Gasteiger partial charge is 0.263 e. The van der Waals surface area contributed by atoms with Crippen molar-refractivity contribution in [3.05, 3.63) is 20.8 Å². The highest BCUT2D eigenvalue weighted by molar-refractivity contribution is 8.00. The first kappa shape index (κ1) is 21.8. The van der Waals surface area contributed by atoms with Gasteiger partial charge in [0.1, 0.15) is 10.4 Å². The van der Waals surface area contributed by atoms with Gasteiger partial charge in [0.15, 0.2) is 5.16 Å². The van der Waals surface area contributed by atoms with Crippen molar-refractivity contribution in [1.82, 2.24) is 14.9 Å². The molecular formula is C21H28N4O2S2. The maximum absolute atomic E-state index is 13.2. The lowest BCUT2D eigenvalue weighted by Crippen LogP contribution is -2.51. The van der Waals surface area contributed by atoms with Gasteiger partial charge in [0.05, 0.1) is 16.7 Å². The normalized spacial score (nSPS) is 17.3. The predicted molar refractivity (Wildman–Crippen MR) is 119 cm³/mol. The Balaban J connectivity index is 1.90. The molecule has 8 heteroatoms. The highest BCUT2D eigenvalue weighted by Crippen LogP contribution is 2.32. The van der Waals surface area contributed by atoms with Gasteiger partial charge >= 0.3 is 0 Å². The number of rotatable bonds is 5. The Morgan fingerprint density at radius 1 is 1.28 bits per heavy atom. The van der Waals surface area contributed by atoms with Gasteiger partial charge in [-0.1, -0.05) is 31.0 Å². The zero-order valence-corrected chi connectivity index (χ0v) is 19.3. The van der Waals surface area contributed by atoms with Crippen LogP contribution in [0.15, 0.2) is 9.95 Å². The third kappa shape index (κ3) is 4.22. The lowest BCUT2D eigenvalue weighted by Gasteiger charge is -2.32. The number of amides is 1. The first-order valence-electron chi connectivity index (χ1n) is 10.1. The third-order valence-electron chi connectivity index (χ3n) is 5.65. The van der Waals surface area contributed by atoms with Crippen LogP contribution in [0, 0.1) is 25.2 Å². The van der Waals surface area contributed by atoms with E-state index in [-0.39, 0.29) is 17.5 Å². The van der Waals surface area contributed by atoms with Crippen LogP contribution in [0.2, 0.25) is 0 Å². The number of nitrogens with one attached hydrogen (secondary N) is 1. The van der Waals surface area contributed by atoms with Gasteiger partial charge in [-0.05, 0) is 53.0 Å². The van der Waals surface area contributed by atoms with Gasteiger partial charge in [-0.3, -0.25) is 14.2 Å². The number of nitrogens with zero attached hydrogens (tertiary/aromatic N) is 3. The van der Waals surface area contributed by atoms with E-state index < -0.39 is 10.8 Å². The maximum atomic E-state index is 13.2. The summed E-state index contributed by atoms with van der Waals surface area (Å²) in [6.07, 6.45) is 4.41. The molecule has 0 aliphatic heterocycles. The topological polar surface area (TPSA) is 87.8 Å². The second-order valence-corrected chi connectivity index (χ2v) is 10.6. The molecule has 1 atom stereocenters. The van der Waals surface area contributed by atoms with Crippen molar-refractivity contribution in [1.29, 1.82) is 5.26 Å². The summed E-state index contributed by atoms with van der Waals surface area (Å²) in [4.78, 5) is 32.6. The Morgan fingerprint density at radius 3 is 2.52 bits per heavy atom. The van der Waals surface area contributed by atoms with Crippen LogP contribution in [0.3, 0.4) is 0 Å². The molecule has 2 aromatic rings. The van der Waals surface area contributed by atoms with Gasteiger partial charge in [0, 0.05) is 10.9 Å². The number of thioether (sulfide) groups is 1. The van der Waals surface area contributed by atoms with E-state index in [9.17, 15) is 14.9 Å². The fourth-order valence-corrected chi connectivity index (χ4v) is 5.91. The summed E-state index contributed by atoms with van der Waals surface area (Å²) in [6, 6.07) is 2.26. The van der Waals surface area contributed by atoms with Crippen molar-refractivity contribution in [3.8, 4) is 6.07 Å². The minimum absolute atomic E-state index is 0.0530. The molecule has 0 bridgehead atoms. The molecule has 2 aromatic heterocycles. The fourth-order valence-electron chi connectivity index (χ4n) is 3.80. The summed E-state index contributed by atoms with van der Waals surface area (Å²) in [5.41, 5.74) is 0.163. The summed E-state index contributed by atoms with van der Waals surface area (Å²) in [6.45, 7) is 9.65. The van der Waals surface area contributed by atoms with Crippen molar-refractivity contribution in [2.75, 3.05) is 0 Å². The standard InChI is InChI=1S/C21H28N4O2S2/c1-12(2)25-19(27)16-13(3)14(4)28-18(16)23-20(25)29-15(5)17(26)24-21(11-22)9-7-6-8-10-21/h12,15H,6-10H2,1-5H3,(H,24,26). The van der Waals surface area contributed by atoms with Crippen molar-refractivity contribution in [3.63, 3.8) is 0 Å². The van der Waals surface area contributed by atoms with Crippen LogP contribution >= 0.6 is 23.1 Å². The Morgan fingerprint density at radius 2 is 1.93 bits per heavy atom. The van der Waals surface area contributed by atoms with Crippen LogP contribution in [0.4, 0.5) is 0 Å². The Bertz CT molecular complexity index is 1030. The largest absolute Gasteiger partial charge is 0.337 e. The summed E-state index contributed by atoms with van der Waals surface area (Å²) in [7, 11) is 0. The second-order valence-electron chi connectivity index (χ2n) is 8.13. The monoisotopic (exact) mass is 432 g/mol. The summed E-state index contributed by atoms with van der Waals surface area (Å²) >= 11 is 2.80. The second kappa shape index (κ2) is 8.49. The van der Waals surface area contributed by atoms with E-state index in [0.29, 0.717) is 23.4 Å². The molecule has 156 valence electrons. The van der Waals surface area contributed by atoms with Crippen LogP contribution in [0.1, 0.15) is 69.4 Å². The number of carbonyl (C=O) groups excluding carboxylic acids is 1. The van der Waals surface area contributed by atoms with Crippen LogP contribution in [-0.4, -0.2) is 26.2 Å². The van der Waals surface area contributed by atoms with Crippen LogP contribution in [0.25, 0.3) is 10.2 Å². The molecule has 3 rings (SSSR count). The first-order valence-corrected chi connectivity index (χ1v) is 11.8. The number of hydrogen-bond acceptors (Lipinski definition) is 6. The zero-order chi connectivity index (χ0) is 21.3. The molecule has 0 saturated heterocycles. The molecule has 1 unspecified atom stereocenters. The molecule has 1 N–H and O–H groups in total. The van der Waals surface area contributed by atoms with Crippen LogP contribution < -0.4 is 10.9 Å². The van der Waals surface area contributed by atoms with E-state index in [1.165, 1.54) is 23.1 Å². The molecule has 0 radical (unpaired) electrons. The van der Waals surface area contributed by atoms with E-state index in [4.69, 9.17) is 4.98 Å². The van der Waals surface area contributed by atoms with Crippen molar-refractivity contribution < 1.29 is 4.79 Å². The molecule has 1 aliphatic rings. The van der Waals surface area contributed by atoms with Crippen molar-refractivity contribution >= 4 is 39.2 Å². The molecule has 0 aromatic carbocycles. The zero-order valence-electron chi connectivity index (χ0n) is 17.7. The predicted octanol–water partition coefficient (Wildman–Crippen LogP) is 4.48. The summed E-state index contributed by atoms with van der Waals surface area (Å²) < 4.78 is 1.68. The quantitative estimate of drug-likeness (QED) is 0.556. The van der Waals surface area contributed by atoms with Gasteiger partial charge in [-0.2, -0.15) is 5.26 Å². The fraction of sp³-hybridized carbons (Fsp3) is 0.619. The molecule has 1 aliphatic carbocycles. The van der Waals surface area contributed by atoms with Gasteiger partial charge in [0.2, 0.25) is 5.91 Å². The van der Waals surface area contributed by atoms with Gasteiger partial charge < -0.3 is 5.32 Å². The number of aryl methyl sites for hydroxylation is 2. The van der Waals surface area contributed by atoms with Crippen molar-refractivity contribution in [2.45, 2.75) is 88.7 Å². The Labute approximate surface area is 179 Å². The van der Waals surface area contributed by atoms with E-state index >= 15 is 0 Å². The molecule has 1 amide bonds. The SMILES string of the molecule is Cc1sc2nc(SC(C)C(=O)NC3(C#N)CCCCC3)n(C(C)C)c(=O)c2c1C.